The number of likely N-dealkylation sites (N-methyl/N-ethyl adjacent to an activating group) is 1. The summed E-state index contributed by atoms with van der Waals surface area (Å²) in [5.74, 6) is 0. The van der Waals surface area contributed by atoms with Gasteiger partial charge in [0.25, 0.3) is 0 Å². The van der Waals surface area contributed by atoms with Gasteiger partial charge in [-0.25, -0.2) is 4.98 Å². The molecular weight excluding hydrogens is 268 g/mol. The highest BCUT2D eigenvalue weighted by atomic mass is 32.1. The van der Waals surface area contributed by atoms with Crippen molar-refractivity contribution in [2.45, 2.75) is 39.3 Å². The zero-order valence-electron chi connectivity index (χ0n) is 13.4. The van der Waals surface area contributed by atoms with Gasteiger partial charge in [-0.3, -0.25) is 4.90 Å². The molecule has 1 aromatic rings. The highest BCUT2D eigenvalue weighted by molar-refractivity contribution is 7.09. The van der Waals surface area contributed by atoms with Gasteiger partial charge in [0.15, 0.2) is 0 Å². The number of aromatic nitrogens is 1. The lowest BCUT2D eigenvalue weighted by Gasteiger charge is -2.43. The molecule has 1 saturated heterocycles. The molecule has 1 aromatic heterocycles. The van der Waals surface area contributed by atoms with E-state index in [-0.39, 0.29) is 5.54 Å². The number of hydrogen-bond acceptors (Lipinski definition) is 5. The van der Waals surface area contributed by atoms with Gasteiger partial charge >= 0.3 is 0 Å². The van der Waals surface area contributed by atoms with Crippen molar-refractivity contribution in [2.24, 2.45) is 0 Å². The standard InChI is InChI=1S/C15H28N4S/c1-12(14-13(2)17-11-20-14)16-10-15(3,4)19-8-6-18(5)7-9-19/h11-12,16H,6-10H2,1-5H3. The van der Waals surface area contributed by atoms with Crippen LogP contribution in [0, 0.1) is 6.92 Å². The number of nitrogens with one attached hydrogen (secondary N) is 1. The third-order valence-electron chi connectivity index (χ3n) is 4.38. The fourth-order valence-corrected chi connectivity index (χ4v) is 3.58. The Kier molecular flexibility index (Phi) is 5.18. The van der Waals surface area contributed by atoms with Crippen LogP contribution in [0.2, 0.25) is 0 Å². The Labute approximate surface area is 127 Å². The molecule has 114 valence electrons. The Morgan fingerprint density at radius 2 is 2.00 bits per heavy atom. The molecule has 0 aromatic carbocycles. The van der Waals surface area contributed by atoms with Gasteiger partial charge in [-0.05, 0) is 34.7 Å². The van der Waals surface area contributed by atoms with Crippen molar-refractivity contribution in [3.63, 3.8) is 0 Å². The molecule has 2 rings (SSSR count). The van der Waals surface area contributed by atoms with Crippen molar-refractivity contribution >= 4 is 11.3 Å². The van der Waals surface area contributed by atoms with E-state index in [1.54, 1.807) is 11.3 Å². The molecule has 1 atom stereocenters. The molecule has 0 saturated carbocycles. The molecule has 0 amide bonds. The fourth-order valence-electron chi connectivity index (χ4n) is 2.75. The van der Waals surface area contributed by atoms with Crippen LogP contribution in [-0.2, 0) is 0 Å². The summed E-state index contributed by atoms with van der Waals surface area (Å²) in [6.07, 6.45) is 0. The lowest BCUT2D eigenvalue weighted by atomic mass is 10.0. The highest BCUT2D eigenvalue weighted by Gasteiger charge is 2.29. The third kappa shape index (κ3) is 3.79. The first kappa shape index (κ1) is 15.9. The molecule has 1 fully saturated rings. The molecule has 0 spiro atoms. The van der Waals surface area contributed by atoms with Crippen molar-refractivity contribution < 1.29 is 0 Å². The van der Waals surface area contributed by atoms with Crippen LogP contribution in [0.15, 0.2) is 5.51 Å². The largest absolute Gasteiger partial charge is 0.308 e. The summed E-state index contributed by atoms with van der Waals surface area (Å²) in [6.45, 7) is 14.7. The van der Waals surface area contributed by atoms with Crippen LogP contribution in [0.25, 0.3) is 0 Å². The quantitative estimate of drug-likeness (QED) is 0.902. The molecule has 4 nitrogen and oxygen atoms in total. The van der Waals surface area contributed by atoms with Crippen molar-refractivity contribution in [1.29, 1.82) is 0 Å². The second-order valence-electron chi connectivity index (χ2n) is 6.51. The number of thiazole rings is 1. The maximum atomic E-state index is 4.34. The monoisotopic (exact) mass is 296 g/mol. The van der Waals surface area contributed by atoms with Crippen LogP contribution in [-0.4, -0.2) is 60.1 Å². The number of rotatable bonds is 5. The summed E-state index contributed by atoms with van der Waals surface area (Å²) in [5, 5.41) is 3.69. The van der Waals surface area contributed by atoms with Gasteiger partial charge < -0.3 is 10.2 Å². The molecule has 1 N–H and O–H groups in total. The van der Waals surface area contributed by atoms with Crippen LogP contribution in [0.1, 0.15) is 37.4 Å². The second kappa shape index (κ2) is 6.52. The van der Waals surface area contributed by atoms with Crippen molar-refractivity contribution in [3.8, 4) is 0 Å². The minimum absolute atomic E-state index is 0.202. The van der Waals surface area contributed by atoms with E-state index in [4.69, 9.17) is 0 Å². The number of aryl methyl sites for hydroxylation is 1. The van der Waals surface area contributed by atoms with Gasteiger partial charge in [0.1, 0.15) is 0 Å². The summed E-state index contributed by atoms with van der Waals surface area (Å²) in [7, 11) is 2.21. The molecule has 5 heteroatoms. The average Bonchev–Trinajstić information content (AvgIpc) is 2.83. The molecular formula is C15H28N4S. The van der Waals surface area contributed by atoms with E-state index in [2.05, 4.69) is 54.8 Å². The Hall–Kier alpha value is -0.490. The second-order valence-corrected chi connectivity index (χ2v) is 7.39. The number of hydrogen-bond donors (Lipinski definition) is 1. The van der Waals surface area contributed by atoms with Crippen LogP contribution in [0.4, 0.5) is 0 Å². The zero-order valence-corrected chi connectivity index (χ0v) is 14.3. The number of piperazine rings is 1. The van der Waals surface area contributed by atoms with E-state index in [0.29, 0.717) is 6.04 Å². The summed E-state index contributed by atoms with van der Waals surface area (Å²) < 4.78 is 0. The average molecular weight is 296 g/mol. The van der Waals surface area contributed by atoms with Crippen molar-refractivity contribution in [1.82, 2.24) is 20.1 Å². The summed E-state index contributed by atoms with van der Waals surface area (Å²) in [6, 6.07) is 0.384. The zero-order chi connectivity index (χ0) is 14.8. The van der Waals surface area contributed by atoms with Gasteiger partial charge in [0.05, 0.1) is 11.2 Å². The summed E-state index contributed by atoms with van der Waals surface area (Å²) >= 11 is 1.75. The topological polar surface area (TPSA) is 31.4 Å². The van der Waals surface area contributed by atoms with Gasteiger partial charge in [-0.15, -0.1) is 11.3 Å². The molecule has 2 heterocycles. The maximum absolute atomic E-state index is 4.34. The lowest BCUT2D eigenvalue weighted by molar-refractivity contribution is 0.0605. The lowest BCUT2D eigenvalue weighted by Crippen LogP contribution is -2.57. The Morgan fingerprint density at radius 3 is 2.55 bits per heavy atom. The summed E-state index contributed by atoms with van der Waals surface area (Å²) in [4.78, 5) is 10.7. The van der Waals surface area contributed by atoms with Gasteiger partial charge in [-0.1, -0.05) is 0 Å². The molecule has 0 radical (unpaired) electrons. The molecule has 20 heavy (non-hydrogen) atoms. The van der Waals surface area contributed by atoms with Crippen LogP contribution < -0.4 is 5.32 Å². The first-order valence-corrected chi connectivity index (χ1v) is 8.35. The van der Waals surface area contributed by atoms with Crippen molar-refractivity contribution in [2.75, 3.05) is 39.8 Å². The van der Waals surface area contributed by atoms with E-state index in [9.17, 15) is 0 Å². The first-order valence-electron chi connectivity index (χ1n) is 7.47. The Bertz CT molecular complexity index is 421. The van der Waals surface area contributed by atoms with Gasteiger partial charge in [0.2, 0.25) is 0 Å². The van der Waals surface area contributed by atoms with Gasteiger partial charge in [-0.2, -0.15) is 0 Å². The van der Waals surface area contributed by atoms with Crippen LogP contribution in [0.3, 0.4) is 0 Å². The van der Waals surface area contributed by atoms with E-state index in [0.717, 1.165) is 12.2 Å². The predicted molar refractivity (Wildman–Crippen MR) is 86.4 cm³/mol. The Morgan fingerprint density at radius 1 is 1.35 bits per heavy atom. The van der Waals surface area contributed by atoms with E-state index < -0.39 is 0 Å². The molecule has 1 aliphatic heterocycles. The predicted octanol–water partition coefficient (Wildman–Crippen LogP) is 2.13. The maximum Gasteiger partial charge on any atom is 0.0798 e. The molecule has 0 aliphatic carbocycles. The van der Waals surface area contributed by atoms with E-state index in [1.165, 1.54) is 31.1 Å². The summed E-state index contributed by atoms with van der Waals surface area (Å²) in [5.41, 5.74) is 3.30. The Balaban J connectivity index is 1.87. The van der Waals surface area contributed by atoms with Crippen LogP contribution >= 0.6 is 11.3 Å². The first-order chi connectivity index (χ1) is 9.40. The smallest absolute Gasteiger partial charge is 0.0798 e. The molecule has 0 bridgehead atoms. The van der Waals surface area contributed by atoms with Gasteiger partial charge in [0, 0.05) is 49.2 Å². The highest BCUT2D eigenvalue weighted by Crippen LogP contribution is 2.23. The minimum atomic E-state index is 0.202. The van der Waals surface area contributed by atoms with E-state index in [1.807, 2.05) is 5.51 Å². The van der Waals surface area contributed by atoms with Crippen molar-refractivity contribution in [3.05, 3.63) is 16.1 Å². The molecule has 1 aliphatic rings. The van der Waals surface area contributed by atoms with Crippen LogP contribution in [0.5, 0.6) is 0 Å². The fraction of sp³-hybridized carbons (Fsp3) is 0.800. The SMILES string of the molecule is Cc1ncsc1C(C)NCC(C)(C)N1CCN(C)CC1. The normalized spacial score (nSPS) is 20.2. The number of nitrogens with zero attached hydrogens (tertiary/aromatic N) is 3. The molecule has 1 unspecified atom stereocenters. The third-order valence-corrected chi connectivity index (χ3v) is 5.49. The minimum Gasteiger partial charge on any atom is -0.308 e. The van der Waals surface area contributed by atoms with E-state index >= 15 is 0 Å².